The molecule has 4 atom stereocenters. The van der Waals surface area contributed by atoms with Crippen LogP contribution in [0, 0.1) is 18.6 Å². The minimum absolute atomic E-state index is 0.0751. The van der Waals surface area contributed by atoms with Gasteiger partial charge in [0, 0.05) is 36.9 Å². The van der Waals surface area contributed by atoms with Gasteiger partial charge in [0.05, 0.1) is 25.4 Å². The van der Waals surface area contributed by atoms with Gasteiger partial charge in [-0.2, -0.15) is 0 Å². The van der Waals surface area contributed by atoms with Gasteiger partial charge in [-0.15, -0.1) is 0 Å². The van der Waals surface area contributed by atoms with Gasteiger partial charge >= 0.3 is 0 Å². The van der Waals surface area contributed by atoms with E-state index in [4.69, 9.17) is 9.47 Å². The van der Waals surface area contributed by atoms with E-state index in [1.807, 2.05) is 13.8 Å². The third-order valence-corrected chi connectivity index (χ3v) is 6.98. The first-order valence-electron chi connectivity index (χ1n) is 14.3. The molecule has 1 saturated heterocycles. The monoisotopic (exact) mass is 576 g/mol. The van der Waals surface area contributed by atoms with E-state index in [2.05, 4.69) is 5.32 Å². The summed E-state index contributed by atoms with van der Waals surface area (Å²) in [7, 11) is 0. The van der Waals surface area contributed by atoms with Gasteiger partial charge in [0.25, 0.3) is 11.8 Å². The Hall–Kier alpha value is -2.92. The highest BCUT2D eigenvalue weighted by Crippen LogP contribution is 2.18. The zero-order chi connectivity index (χ0) is 29.9. The van der Waals surface area contributed by atoms with Gasteiger partial charge < -0.3 is 29.9 Å². The molecule has 1 aliphatic rings. The Morgan fingerprint density at radius 3 is 2.32 bits per heavy atom. The number of hydrogen-bond donors (Lipinski definition) is 3. The average molecular weight is 577 g/mol. The normalized spacial score (nSPS) is 17.2. The molecule has 1 fully saturated rings. The number of benzene rings is 2. The molecule has 1 aliphatic heterocycles. The van der Waals surface area contributed by atoms with Crippen LogP contribution in [0.2, 0.25) is 0 Å². The van der Waals surface area contributed by atoms with Crippen LogP contribution >= 0.6 is 0 Å². The van der Waals surface area contributed by atoms with Crippen molar-refractivity contribution in [2.24, 2.45) is 0 Å². The SMILES string of the molecule is CCCN(CCC)C(=O)c1cc(C)cc(C(=O)NC(Cc2cc(F)cc(F)c2)[C@@H](O)C(O)COCC2CCCO2)c1. The van der Waals surface area contributed by atoms with E-state index in [1.54, 1.807) is 24.0 Å². The molecule has 2 amide bonds. The summed E-state index contributed by atoms with van der Waals surface area (Å²) in [5.41, 5.74) is 1.44. The summed E-state index contributed by atoms with van der Waals surface area (Å²) in [6.07, 6.45) is 0.209. The Bertz CT molecular complexity index is 1130. The molecular formula is C31H42F2N2O6. The first-order chi connectivity index (χ1) is 19.6. The maximum atomic E-state index is 13.9. The van der Waals surface area contributed by atoms with Crippen LogP contribution in [0.1, 0.15) is 71.4 Å². The Morgan fingerprint density at radius 1 is 1.05 bits per heavy atom. The van der Waals surface area contributed by atoms with Crippen LogP contribution in [-0.4, -0.2) is 84.2 Å². The molecule has 2 aromatic rings. The molecule has 2 aromatic carbocycles. The van der Waals surface area contributed by atoms with Crippen LogP contribution < -0.4 is 5.32 Å². The summed E-state index contributed by atoms with van der Waals surface area (Å²) in [5, 5.41) is 24.4. The van der Waals surface area contributed by atoms with Crippen molar-refractivity contribution in [3.8, 4) is 0 Å². The second-order valence-electron chi connectivity index (χ2n) is 10.7. The maximum Gasteiger partial charge on any atom is 0.253 e. The summed E-state index contributed by atoms with van der Waals surface area (Å²) in [6, 6.07) is 6.64. The molecule has 8 nitrogen and oxygen atoms in total. The van der Waals surface area contributed by atoms with Crippen LogP contribution in [-0.2, 0) is 15.9 Å². The number of nitrogens with one attached hydrogen (secondary N) is 1. The molecule has 0 radical (unpaired) electrons. The van der Waals surface area contributed by atoms with E-state index in [-0.39, 0.29) is 42.8 Å². The first-order valence-corrected chi connectivity index (χ1v) is 14.3. The molecule has 0 saturated carbocycles. The fourth-order valence-corrected chi connectivity index (χ4v) is 5.03. The lowest BCUT2D eigenvalue weighted by molar-refractivity contribution is -0.0670. The number of amides is 2. The Morgan fingerprint density at radius 2 is 1.71 bits per heavy atom. The molecule has 3 N–H and O–H groups in total. The van der Waals surface area contributed by atoms with Crippen LogP contribution in [0.3, 0.4) is 0 Å². The Kier molecular flexibility index (Phi) is 12.6. The van der Waals surface area contributed by atoms with Crippen LogP contribution in [0.4, 0.5) is 8.78 Å². The molecule has 0 bridgehead atoms. The van der Waals surface area contributed by atoms with E-state index < -0.39 is 35.8 Å². The average Bonchev–Trinajstić information content (AvgIpc) is 3.44. The molecule has 0 spiro atoms. The number of rotatable bonds is 15. The van der Waals surface area contributed by atoms with E-state index >= 15 is 0 Å². The molecule has 0 aromatic heterocycles. The number of hydrogen-bond acceptors (Lipinski definition) is 6. The lowest BCUT2D eigenvalue weighted by atomic mass is 9.96. The van der Waals surface area contributed by atoms with E-state index in [0.717, 1.165) is 43.9 Å². The third kappa shape index (κ3) is 9.85. The first kappa shape index (κ1) is 32.6. The van der Waals surface area contributed by atoms with Gasteiger partial charge in [-0.1, -0.05) is 13.8 Å². The lowest BCUT2D eigenvalue weighted by Gasteiger charge is -2.28. The minimum atomic E-state index is -1.52. The fourth-order valence-electron chi connectivity index (χ4n) is 5.03. The summed E-state index contributed by atoms with van der Waals surface area (Å²) < 4.78 is 38.9. The second-order valence-corrected chi connectivity index (χ2v) is 10.7. The van der Waals surface area contributed by atoms with Gasteiger partial charge in [-0.05, 0) is 80.5 Å². The molecular weight excluding hydrogens is 534 g/mol. The lowest BCUT2D eigenvalue weighted by Crippen LogP contribution is -2.51. The Balaban J connectivity index is 1.80. The van der Waals surface area contributed by atoms with Crippen molar-refractivity contribution in [3.63, 3.8) is 0 Å². The van der Waals surface area contributed by atoms with Crippen molar-refractivity contribution in [3.05, 3.63) is 70.3 Å². The van der Waals surface area contributed by atoms with Crippen molar-refractivity contribution in [2.45, 2.75) is 77.2 Å². The number of ether oxygens (including phenoxy) is 2. The van der Waals surface area contributed by atoms with Crippen LogP contribution in [0.15, 0.2) is 36.4 Å². The van der Waals surface area contributed by atoms with Gasteiger partial charge in [0.15, 0.2) is 0 Å². The minimum Gasteiger partial charge on any atom is -0.388 e. The van der Waals surface area contributed by atoms with Crippen molar-refractivity contribution >= 4 is 11.8 Å². The largest absolute Gasteiger partial charge is 0.388 e. The highest BCUT2D eigenvalue weighted by atomic mass is 19.1. The summed E-state index contributed by atoms with van der Waals surface area (Å²) in [5.74, 6) is -2.39. The Labute approximate surface area is 240 Å². The zero-order valence-electron chi connectivity index (χ0n) is 24.1. The van der Waals surface area contributed by atoms with Crippen molar-refractivity contribution < 1.29 is 38.1 Å². The molecule has 10 heteroatoms. The van der Waals surface area contributed by atoms with Crippen LogP contribution in [0.5, 0.6) is 0 Å². The summed E-state index contributed by atoms with van der Waals surface area (Å²) in [6.45, 7) is 7.61. The van der Waals surface area contributed by atoms with E-state index in [1.165, 1.54) is 6.07 Å². The second kappa shape index (κ2) is 15.9. The third-order valence-electron chi connectivity index (χ3n) is 6.98. The standard InChI is InChI=1S/C31H42F2N2O6/c1-4-8-35(9-5-2)31(39)23-12-20(3)11-22(16-23)30(38)34-27(15-21-13-24(32)17-25(33)14-21)29(37)28(36)19-40-18-26-7-6-10-41-26/h11-14,16-17,26-29,36-37H,4-10,15,18-19H2,1-3H3,(H,34,38)/t26?,27?,28?,29-/m1/s1. The molecule has 0 aliphatic carbocycles. The number of halogens is 2. The van der Waals surface area contributed by atoms with E-state index in [9.17, 15) is 28.6 Å². The predicted molar refractivity (Wildman–Crippen MR) is 151 cm³/mol. The smallest absolute Gasteiger partial charge is 0.253 e. The maximum absolute atomic E-state index is 13.9. The van der Waals surface area contributed by atoms with Gasteiger partial charge in [-0.25, -0.2) is 8.78 Å². The zero-order valence-corrected chi connectivity index (χ0v) is 24.1. The van der Waals surface area contributed by atoms with Gasteiger partial charge in [0.1, 0.15) is 23.8 Å². The fraction of sp³-hybridized carbons (Fsp3) is 0.548. The number of carbonyl (C=O) groups excluding carboxylic acids is 2. The van der Waals surface area contributed by atoms with Crippen molar-refractivity contribution in [1.29, 1.82) is 0 Å². The molecule has 3 unspecified atom stereocenters. The van der Waals surface area contributed by atoms with Crippen molar-refractivity contribution in [1.82, 2.24) is 10.2 Å². The number of carbonyl (C=O) groups is 2. The number of aliphatic hydroxyl groups is 2. The number of aliphatic hydroxyl groups excluding tert-OH is 2. The summed E-state index contributed by atoms with van der Waals surface area (Å²) in [4.78, 5) is 28.4. The number of nitrogens with zero attached hydrogens (tertiary/aromatic N) is 1. The van der Waals surface area contributed by atoms with Crippen LogP contribution in [0.25, 0.3) is 0 Å². The predicted octanol–water partition coefficient (Wildman–Crippen LogP) is 3.79. The molecule has 1 heterocycles. The van der Waals surface area contributed by atoms with Gasteiger partial charge in [0.2, 0.25) is 0 Å². The van der Waals surface area contributed by atoms with Crippen molar-refractivity contribution in [2.75, 3.05) is 32.9 Å². The highest BCUT2D eigenvalue weighted by molar-refractivity contribution is 6.00. The summed E-state index contributed by atoms with van der Waals surface area (Å²) >= 11 is 0. The molecule has 226 valence electrons. The number of aryl methyl sites for hydroxylation is 1. The highest BCUT2D eigenvalue weighted by Gasteiger charge is 2.30. The molecule has 3 rings (SSSR count). The van der Waals surface area contributed by atoms with Gasteiger partial charge in [-0.3, -0.25) is 9.59 Å². The van der Waals surface area contributed by atoms with E-state index in [0.29, 0.717) is 30.8 Å². The quantitative estimate of drug-likeness (QED) is 0.298. The molecule has 41 heavy (non-hydrogen) atoms. The topological polar surface area (TPSA) is 108 Å².